The van der Waals surface area contributed by atoms with Crippen molar-refractivity contribution in [1.82, 2.24) is 15.4 Å². The number of nitrogens with two attached hydrogens (primary N) is 1. The molecule has 29 heavy (non-hydrogen) atoms. The smallest absolute Gasteiger partial charge is 0.161 e. The fourth-order valence-electron chi connectivity index (χ4n) is 3.56. The number of allylic oxidation sites excluding steroid dienone is 1. The molecule has 3 unspecified atom stereocenters. The van der Waals surface area contributed by atoms with E-state index in [2.05, 4.69) is 28.6 Å². The van der Waals surface area contributed by atoms with Gasteiger partial charge in [0.1, 0.15) is 6.29 Å². The largest absolute Gasteiger partial charge is 0.396 e. The highest BCUT2D eigenvalue weighted by atomic mass is 32.2. The van der Waals surface area contributed by atoms with Gasteiger partial charge < -0.3 is 10.5 Å². The fourth-order valence-corrected chi connectivity index (χ4v) is 4.49. The Hall–Kier alpha value is -2.38. The van der Waals surface area contributed by atoms with Crippen LogP contribution in [-0.2, 0) is 4.79 Å². The van der Waals surface area contributed by atoms with Gasteiger partial charge in [0.25, 0.3) is 0 Å². The number of hydrogen-bond acceptors (Lipinski definition) is 7. The molecule has 0 spiro atoms. The lowest BCUT2D eigenvalue weighted by Gasteiger charge is -2.32. The summed E-state index contributed by atoms with van der Waals surface area (Å²) in [7, 11) is 1.89. The van der Waals surface area contributed by atoms with Crippen LogP contribution in [0.15, 0.2) is 46.1 Å². The second-order valence-corrected chi connectivity index (χ2v) is 8.64. The molecule has 0 saturated carbocycles. The molecule has 0 bridgehead atoms. The number of aliphatic imine (C=N–C) groups is 1. The van der Waals surface area contributed by atoms with Crippen molar-refractivity contribution in [1.29, 1.82) is 0 Å². The van der Waals surface area contributed by atoms with Crippen LogP contribution in [0.5, 0.6) is 0 Å². The monoisotopic (exact) mass is 411 g/mol. The normalized spacial score (nSPS) is 22.4. The molecule has 1 aromatic heterocycles. The molecule has 0 radical (unpaired) electrons. The highest BCUT2D eigenvalue weighted by Crippen LogP contribution is 2.30. The number of aldehydes is 1. The molecule has 6 nitrogen and oxygen atoms in total. The number of dihydropyridines is 1. The molecule has 2 heterocycles. The van der Waals surface area contributed by atoms with Crippen LogP contribution in [0.2, 0.25) is 0 Å². The van der Waals surface area contributed by atoms with Crippen molar-refractivity contribution in [3.05, 3.63) is 51.7 Å². The summed E-state index contributed by atoms with van der Waals surface area (Å²) >= 11 is 1.56. The van der Waals surface area contributed by atoms with Gasteiger partial charge in [0.2, 0.25) is 0 Å². The van der Waals surface area contributed by atoms with Gasteiger partial charge in [-0.25, -0.2) is 5.43 Å². The van der Waals surface area contributed by atoms with Crippen LogP contribution in [0, 0.1) is 5.92 Å². The SMILES string of the molecule is C/C=C(\SC(C)C=O)C1CC=C(N)C(N(CC2C=c3cccnc3=CC2)NC)=N1. The Labute approximate surface area is 176 Å². The van der Waals surface area contributed by atoms with Crippen LogP contribution in [0.3, 0.4) is 0 Å². The average Bonchev–Trinajstić information content (AvgIpc) is 2.76. The Balaban J connectivity index is 1.80. The van der Waals surface area contributed by atoms with Crippen molar-refractivity contribution in [2.75, 3.05) is 13.6 Å². The van der Waals surface area contributed by atoms with Crippen molar-refractivity contribution in [3.63, 3.8) is 0 Å². The number of hydrogen-bond donors (Lipinski definition) is 2. The first-order chi connectivity index (χ1) is 14.0. The van der Waals surface area contributed by atoms with E-state index in [0.717, 1.165) is 41.8 Å². The number of nitrogens with zero attached hydrogens (tertiary/aromatic N) is 3. The van der Waals surface area contributed by atoms with Gasteiger partial charge in [0.05, 0.1) is 22.3 Å². The summed E-state index contributed by atoms with van der Waals surface area (Å²) < 4.78 is 0. The minimum absolute atomic E-state index is 0.0163. The predicted octanol–water partition coefficient (Wildman–Crippen LogP) is 1.34. The van der Waals surface area contributed by atoms with Gasteiger partial charge >= 0.3 is 0 Å². The quantitative estimate of drug-likeness (QED) is 0.520. The van der Waals surface area contributed by atoms with E-state index in [1.54, 1.807) is 11.8 Å². The molecule has 0 aromatic carbocycles. The minimum Gasteiger partial charge on any atom is -0.396 e. The Morgan fingerprint density at radius 3 is 3.00 bits per heavy atom. The summed E-state index contributed by atoms with van der Waals surface area (Å²) in [5.74, 6) is 1.09. The molecular formula is C22H29N5OS. The van der Waals surface area contributed by atoms with Gasteiger partial charge in [-0.05, 0) is 38.0 Å². The van der Waals surface area contributed by atoms with Crippen molar-refractivity contribution >= 4 is 36.0 Å². The lowest BCUT2D eigenvalue weighted by atomic mass is 9.98. The van der Waals surface area contributed by atoms with Crippen molar-refractivity contribution in [3.8, 4) is 0 Å². The number of hydrazine groups is 1. The van der Waals surface area contributed by atoms with E-state index >= 15 is 0 Å². The van der Waals surface area contributed by atoms with E-state index in [0.29, 0.717) is 11.6 Å². The third-order valence-electron chi connectivity index (χ3n) is 5.07. The van der Waals surface area contributed by atoms with Gasteiger partial charge in [-0.3, -0.25) is 15.0 Å². The molecule has 3 atom stereocenters. The summed E-state index contributed by atoms with van der Waals surface area (Å²) in [6.07, 6.45) is 13.0. The maximum Gasteiger partial charge on any atom is 0.161 e. The van der Waals surface area contributed by atoms with E-state index < -0.39 is 0 Å². The average molecular weight is 412 g/mol. The number of thioether (sulfide) groups is 1. The zero-order valence-electron chi connectivity index (χ0n) is 17.2. The zero-order chi connectivity index (χ0) is 20.8. The fraction of sp³-hybridized carbons (Fsp3) is 0.409. The molecule has 2 aliphatic rings. The highest BCUT2D eigenvalue weighted by Gasteiger charge is 2.25. The summed E-state index contributed by atoms with van der Waals surface area (Å²) in [5.41, 5.74) is 10.2. The highest BCUT2D eigenvalue weighted by molar-refractivity contribution is 8.04. The van der Waals surface area contributed by atoms with Crippen LogP contribution in [0.1, 0.15) is 26.7 Å². The predicted molar refractivity (Wildman–Crippen MR) is 121 cm³/mol. The van der Waals surface area contributed by atoms with E-state index in [9.17, 15) is 4.79 Å². The number of carbonyl (C=O) groups is 1. The summed E-state index contributed by atoms with van der Waals surface area (Å²) in [6.45, 7) is 4.65. The lowest BCUT2D eigenvalue weighted by molar-refractivity contribution is -0.107. The molecule has 154 valence electrons. The van der Waals surface area contributed by atoms with Crippen LogP contribution in [0.25, 0.3) is 12.2 Å². The first-order valence-electron chi connectivity index (χ1n) is 9.95. The number of pyridine rings is 1. The second kappa shape index (κ2) is 9.89. The molecule has 1 aliphatic carbocycles. The number of fused-ring (bicyclic) bond motifs is 1. The summed E-state index contributed by atoms with van der Waals surface area (Å²) in [5, 5.41) is 4.15. The number of nitrogens with one attached hydrogen (secondary N) is 1. The van der Waals surface area contributed by atoms with Crippen molar-refractivity contribution in [2.24, 2.45) is 16.6 Å². The molecule has 7 heteroatoms. The van der Waals surface area contributed by atoms with Gasteiger partial charge in [-0.15, -0.1) is 11.8 Å². The lowest BCUT2D eigenvalue weighted by Crippen LogP contribution is -2.47. The van der Waals surface area contributed by atoms with Crippen molar-refractivity contribution < 1.29 is 4.79 Å². The Kier molecular flexibility index (Phi) is 7.28. The zero-order valence-corrected chi connectivity index (χ0v) is 18.0. The van der Waals surface area contributed by atoms with Crippen LogP contribution in [-0.4, -0.2) is 47.0 Å². The van der Waals surface area contributed by atoms with Crippen molar-refractivity contribution in [2.45, 2.75) is 38.0 Å². The molecule has 3 N–H and O–H groups in total. The molecular weight excluding hydrogens is 382 g/mol. The molecule has 0 amide bonds. The molecule has 0 fully saturated rings. The van der Waals surface area contributed by atoms with E-state index in [4.69, 9.17) is 10.7 Å². The molecule has 3 rings (SSSR count). The van der Waals surface area contributed by atoms with Crippen LogP contribution in [0.4, 0.5) is 0 Å². The van der Waals surface area contributed by atoms with Gasteiger partial charge in [-0.2, -0.15) is 0 Å². The third-order valence-corrected chi connectivity index (χ3v) is 6.33. The Bertz CT molecular complexity index is 952. The van der Waals surface area contributed by atoms with Gasteiger partial charge in [0, 0.05) is 30.6 Å². The van der Waals surface area contributed by atoms with E-state index in [1.165, 1.54) is 5.22 Å². The first-order valence-corrected chi connectivity index (χ1v) is 10.8. The number of rotatable bonds is 7. The minimum atomic E-state index is -0.0930. The Morgan fingerprint density at radius 1 is 1.45 bits per heavy atom. The summed E-state index contributed by atoms with van der Waals surface area (Å²) in [4.78, 5) is 21.5. The van der Waals surface area contributed by atoms with E-state index in [-0.39, 0.29) is 11.3 Å². The van der Waals surface area contributed by atoms with E-state index in [1.807, 2.05) is 50.3 Å². The second-order valence-electron chi connectivity index (χ2n) is 7.19. The molecule has 1 aromatic rings. The molecule has 1 aliphatic heterocycles. The first kappa shape index (κ1) is 21.3. The van der Waals surface area contributed by atoms with Crippen LogP contribution < -0.4 is 21.7 Å². The maximum absolute atomic E-state index is 11.1. The number of carbonyl (C=O) groups excluding carboxylic acids is 1. The van der Waals surface area contributed by atoms with Gasteiger partial charge in [0.15, 0.2) is 5.84 Å². The number of aromatic nitrogens is 1. The number of amidine groups is 1. The third kappa shape index (κ3) is 5.16. The standard InChI is InChI=1S/C22H29N5OS/c1-4-21(29-15(2)14-28)20-10-8-18(23)22(26-20)27(24-3)13-16-7-9-19-17(12-16)6-5-11-25-19/h4-6,8-9,11-12,14-16,20,24H,7,10,13,23H2,1-3H3/b21-4-. The topological polar surface area (TPSA) is 83.6 Å². The Morgan fingerprint density at radius 2 is 2.28 bits per heavy atom. The molecule has 0 saturated heterocycles. The summed E-state index contributed by atoms with van der Waals surface area (Å²) in [6, 6.07) is 4.05. The van der Waals surface area contributed by atoms with Crippen LogP contribution >= 0.6 is 11.8 Å². The van der Waals surface area contributed by atoms with Gasteiger partial charge in [-0.1, -0.05) is 30.4 Å². The maximum atomic E-state index is 11.1.